The number of rotatable bonds is 5. The number of likely N-dealkylation sites (N-methyl/N-ethyl adjacent to an activating group) is 1. The summed E-state index contributed by atoms with van der Waals surface area (Å²) in [5, 5.41) is 3.97. The Hall–Kier alpha value is -1.72. The minimum Gasteiger partial charge on any atom is -0.304 e. The van der Waals surface area contributed by atoms with Crippen molar-refractivity contribution >= 4 is 12.1 Å². The van der Waals surface area contributed by atoms with Crippen LogP contribution in [0.4, 0.5) is 0 Å². The van der Waals surface area contributed by atoms with Crippen molar-refractivity contribution in [2.24, 2.45) is 5.10 Å². The van der Waals surface area contributed by atoms with E-state index in [1.165, 1.54) is 0 Å². The highest BCUT2D eigenvalue weighted by Gasteiger charge is 2.14. The molecule has 0 unspecified atom stereocenters. The van der Waals surface area contributed by atoms with Gasteiger partial charge in [0.1, 0.15) is 0 Å². The van der Waals surface area contributed by atoms with Gasteiger partial charge in [-0.3, -0.25) is 4.79 Å². The lowest BCUT2D eigenvalue weighted by Gasteiger charge is -2.32. The average molecular weight is 274 g/mol. The van der Waals surface area contributed by atoms with Crippen LogP contribution in [0.1, 0.15) is 12.0 Å². The molecule has 0 bridgehead atoms. The fraction of sp³-hybridized carbons (Fsp3) is 0.467. The van der Waals surface area contributed by atoms with Crippen molar-refractivity contribution in [2.45, 2.75) is 6.42 Å². The number of hydrogen-bond acceptors (Lipinski definition) is 4. The first kappa shape index (κ1) is 14.7. The van der Waals surface area contributed by atoms with Gasteiger partial charge in [0.2, 0.25) is 5.91 Å². The largest absolute Gasteiger partial charge is 0.304 e. The Balaban J connectivity index is 1.64. The van der Waals surface area contributed by atoms with Crippen molar-refractivity contribution in [3.63, 3.8) is 0 Å². The molecule has 1 aliphatic rings. The van der Waals surface area contributed by atoms with Crippen LogP contribution in [-0.2, 0) is 4.79 Å². The first-order valence-electron chi connectivity index (χ1n) is 7.02. The molecule has 1 N–H and O–H groups in total. The highest BCUT2D eigenvalue weighted by atomic mass is 16.2. The van der Waals surface area contributed by atoms with Crippen molar-refractivity contribution in [1.29, 1.82) is 0 Å². The van der Waals surface area contributed by atoms with E-state index in [0.29, 0.717) is 6.42 Å². The summed E-state index contributed by atoms with van der Waals surface area (Å²) in [6.07, 6.45) is 2.16. The van der Waals surface area contributed by atoms with Gasteiger partial charge in [-0.05, 0) is 12.6 Å². The molecule has 1 heterocycles. The summed E-state index contributed by atoms with van der Waals surface area (Å²) in [5.41, 5.74) is 3.55. The summed E-state index contributed by atoms with van der Waals surface area (Å²) < 4.78 is 0. The van der Waals surface area contributed by atoms with Gasteiger partial charge in [0, 0.05) is 39.1 Å². The predicted octanol–water partition coefficient (Wildman–Crippen LogP) is 0.774. The third-order valence-corrected chi connectivity index (χ3v) is 3.45. The number of carbonyl (C=O) groups is 1. The summed E-state index contributed by atoms with van der Waals surface area (Å²) in [6.45, 7) is 5.04. The quantitative estimate of drug-likeness (QED) is 0.637. The molecular weight excluding hydrogens is 252 g/mol. The molecular formula is C15H22N4O. The van der Waals surface area contributed by atoms with Crippen LogP contribution >= 0.6 is 0 Å². The minimum atomic E-state index is -0.0314. The Morgan fingerprint density at radius 2 is 1.95 bits per heavy atom. The lowest BCUT2D eigenvalue weighted by Crippen LogP contribution is -2.45. The molecule has 0 spiro atoms. The molecule has 1 saturated heterocycles. The maximum atomic E-state index is 11.7. The molecule has 1 aromatic carbocycles. The smallest absolute Gasteiger partial charge is 0.241 e. The number of hydrazone groups is 1. The molecule has 5 nitrogen and oxygen atoms in total. The Morgan fingerprint density at radius 3 is 2.65 bits per heavy atom. The Kier molecular flexibility index (Phi) is 5.70. The van der Waals surface area contributed by atoms with E-state index < -0.39 is 0 Å². The number of amides is 1. The average Bonchev–Trinajstić information content (AvgIpc) is 2.48. The summed E-state index contributed by atoms with van der Waals surface area (Å²) in [7, 11) is 2.13. The van der Waals surface area contributed by atoms with Crippen LogP contribution in [0.25, 0.3) is 0 Å². The van der Waals surface area contributed by atoms with Gasteiger partial charge in [0.15, 0.2) is 0 Å². The zero-order chi connectivity index (χ0) is 14.2. The fourth-order valence-electron chi connectivity index (χ4n) is 2.10. The van der Waals surface area contributed by atoms with Crippen LogP contribution in [0.5, 0.6) is 0 Å². The van der Waals surface area contributed by atoms with E-state index in [2.05, 4.69) is 27.4 Å². The van der Waals surface area contributed by atoms with Crippen LogP contribution in [0.15, 0.2) is 35.4 Å². The summed E-state index contributed by atoms with van der Waals surface area (Å²) in [4.78, 5) is 16.3. The normalized spacial score (nSPS) is 17.4. The van der Waals surface area contributed by atoms with Gasteiger partial charge in [0.25, 0.3) is 0 Å². The topological polar surface area (TPSA) is 47.9 Å². The molecule has 0 saturated carbocycles. The summed E-state index contributed by atoms with van der Waals surface area (Å²) >= 11 is 0. The van der Waals surface area contributed by atoms with Crippen LogP contribution in [-0.4, -0.2) is 61.7 Å². The first-order chi connectivity index (χ1) is 9.74. The molecule has 0 aromatic heterocycles. The van der Waals surface area contributed by atoms with E-state index in [1.54, 1.807) is 6.21 Å². The SMILES string of the molecule is CN1CCN(CCC(=O)N/N=C/c2ccccc2)CC1. The third-order valence-electron chi connectivity index (χ3n) is 3.45. The molecule has 108 valence electrons. The molecule has 5 heteroatoms. The van der Waals surface area contributed by atoms with Crippen molar-refractivity contribution in [1.82, 2.24) is 15.2 Å². The highest BCUT2D eigenvalue weighted by molar-refractivity contribution is 5.82. The molecule has 20 heavy (non-hydrogen) atoms. The number of nitrogens with one attached hydrogen (secondary N) is 1. The monoisotopic (exact) mass is 274 g/mol. The second-order valence-electron chi connectivity index (χ2n) is 5.10. The number of piperazine rings is 1. The van der Waals surface area contributed by atoms with Gasteiger partial charge in [-0.2, -0.15) is 5.10 Å². The van der Waals surface area contributed by atoms with Gasteiger partial charge in [-0.15, -0.1) is 0 Å². The fourth-order valence-corrected chi connectivity index (χ4v) is 2.10. The van der Waals surface area contributed by atoms with Gasteiger partial charge in [-0.25, -0.2) is 5.43 Å². The van der Waals surface area contributed by atoms with Crippen LogP contribution in [0.2, 0.25) is 0 Å². The number of benzene rings is 1. The van der Waals surface area contributed by atoms with Crippen molar-refractivity contribution in [2.75, 3.05) is 39.8 Å². The van der Waals surface area contributed by atoms with Crippen molar-refractivity contribution in [3.05, 3.63) is 35.9 Å². The molecule has 1 fully saturated rings. The van der Waals surface area contributed by atoms with Crippen LogP contribution < -0.4 is 5.43 Å². The molecule has 1 aliphatic heterocycles. The summed E-state index contributed by atoms with van der Waals surface area (Å²) in [5.74, 6) is -0.0314. The minimum absolute atomic E-state index is 0.0314. The zero-order valence-electron chi connectivity index (χ0n) is 12.0. The molecule has 0 radical (unpaired) electrons. The Bertz CT molecular complexity index is 438. The highest BCUT2D eigenvalue weighted by Crippen LogP contribution is 2.00. The Morgan fingerprint density at radius 1 is 1.25 bits per heavy atom. The van der Waals surface area contributed by atoms with Gasteiger partial charge in [-0.1, -0.05) is 30.3 Å². The maximum absolute atomic E-state index is 11.7. The van der Waals surface area contributed by atoms with Gasteiger partial charge >= 0.3 is 0 Å². The third kappa shape index (κ3) is 5.11. The van der Waals surface area contributed by atoms with Gasteiger partial charge in [0.05, 0.1) is 6.21 Å². The van der Waals surface area contributed by atoms with Crippen LogP contribution in [0, 0.1) is 0 Å². The molecule has 2 rings (SSSR count). The van der Waals surface area contributed by atoms with Crippen molar-refractivity contribution < 1.29 is 4.79 Å². The van der Waals surface area contributed by atoms with E-state index in [0.717, 1.165) is 38.3 Å². The Labute approximate surface area is 120 Å². The lowest BCUT2D eigenvalue weighted by molar-refractivity contribution is -0.121. The molecule has 1 aromatic rings. The predicted molar refractivity (Wildman–Crippen MR) is 80.7 cm³/mol. The zero-order valence-corrected chi connectivity index (χ0v) is 12.0. The second kappa shape index (κ2) is 7.77. The standard InChI is InChI=1S/C15H22N4O/c1-18-9-11-19(12-10-18)8-7-15(20)17-16-13-14-5-3-2-4-6-14/h2-6,13H,7-12H2,1H3,(H,17,20)/b16-13+. The van der Waals surface area contributed by atoms with E-state index >= 15 is 0 Å². The first-order valence-corrected chi connectivity index (χ1v) is 7.02. The number of hydrogen-bond donors (Lipinski definition) is 1. The molecule has 1 amide bonds. The van der Waals surface area contributed by atoms with Gasteiger partial charge < -0.3 is 9.80 Å². The lowest BCUT2D eigenvalue weighted by atomic mass is 10.2. The van der Waals surface area contributed by atoms with E-state index in [1.807, 2.05) is 30.3 Å². The number of carbonyl (C=O) groups excluding carboxylic acids is 1. The van der Waals surface area contributed by atoms with E-state index in [-0.39, 0.29) is 5.91 Å². The van der Waals surface area contributed by atoms with Crippen LogP contribution in [0.3, 0.4) is 0 Å². The molecule has 0 atom stereocenters. The van der Waals surface area contributed by atoms with E-state index in [4.69, 9.17) is 0 Å². The maximum Gasteiger partial charge on any atom is 0.241 e. The second-order valence-corrected chi connectivity index (χ2v) is 5.10. The number of nitrogens with zero attached hydrogens (tertiary/aromatic N) is 3. The van der Waals surface area contributed by atoms with Crippen molar-refractivity contribution in [3.8, 4) is 0 Å². The summed E-state index contributed by atoms with van der Waals surface area (Å²) in [6, 6.07) is 9.72. The van der Waals surface area contributed by atoms with E-state index in [9.17, 15) is 4.79 Å². The molecule has 0 aliphatic carbocycles.